The van der Waals surface area contributed by atoms with Crippen LogP contribution in [0, 0.1) is 0 Å². The molecule has 0 saturated heterocycles. The van der Waals surface area contributed by atoms with E-state index in [9.17, 15) is 0 Å². The summed E-state index contributed by atoms with van der Waals surface area (Å²) < 4.78 is 0. The van der Waals surface area contributed by atoms with Crippen LogP contribution in [-0.2, 0) is 0 Å². The van der Waals surface area contributed by atoms with Crippen molar-refractivity contribution in [2.24, 2.45) is 0 Å². The van der Waals surface area contributed by atoms with Gasteiger partial charge in [0.15, 0.2) is 0 Å². The Morgan fingerprint density at radius 2 is 1.38 bits per heavy atom. The van der Waals surface area contributed by atoms with E-state index in [1.54, 1.807) is 12.4 Å². The summed E-state index contributed by atoms with van der Waals surface area (Å²) >= 11 is 0. The zero-order valence-corrected chi connectivity index (χ0v) is 4.57. The molecule has 2 N–H and O–H groups in total. The first-order valence-corrected chi connectivity index (χ1v) is 2.37. The SMILES string of the molecule is C=C1NC=CNC1=C. The second-order valence-electron chi connectivity index (χ2n) is 1.58. The summed E-state index contributed by atoms with van der Waals surface area (Å²) in [6.45, 7) is 7.34. The Morgan fingerprint density at radius 1 is 1.00 bits per heavy atom. The summed E-state index contributed by atoms with van der Waals surface area (Å²) in [5.74, 6) is 0. The molecule has 1 rings (SSSR count). The fraction of sp³-hybridized carbons (Fsp3) is 0. The minimum Gasteiger partial charge on any atom is -0.359 e. The van der Waals surface area contributed by atoms with Gasteiger partial charge in [0.05, 0.1) is 11.4 Å². The predicted octanol–water partition coefficient (Wildman–Crippen LogP) is 0.678. The maximum absolute atomic E-state index is 3.67. The lowest BCUT2D eigenvalue weighted by Crippen LogP contribution is -2.20. The predicted molar refractivity (Wildman–Crippen MR) is 33.7 cm³/mol. The van der Waals surface area contributed by atoms with Crippen LogP contribution in [0.1, 0.15) is 0 Å². The quantitative estimate of drug-likeness (QED) is 0.476. The van der Waals surface area contributed by atoms with Crippen molar-refractivity contribution in [1.82, 2.24) is 10.6 Å². The third-order valence-electron chi connectivity index (χ3n) is 0.963. The van der Waals surface area contributed by atoms with Crippen molar-refractivity contribution in [2.75, 3.05) is 0 Å². The lowest BCUT2D eigenvalue weighted by Gasteiger charge is -2.12. The molecule has 42 valence electrons. The molecule has 0 atom stereocenters. The Kier molecular flexibility index (Phi) is 1.08. The van der Waals surface area contributed by atoms with E-state index < -0.39 is 0 Å². The van der Waals surface area contributed by atoms with Crippen molar-refractivity contribution in [3.8, 4) is 0 Å². The molecule has 0 aromatic rings. The Hall–Kier alpha value is -1.18. The zero-order valence-electron chi connectivity index (χ0n) is 4.57. The summed E-state index contributed by atoms with van der Waals surface area (Å²) in [6.07, 6.45) is 3.55. The highest BCUT2D eigenvalue weighted by molar-refractivity contribution is 5.27. The lowest BCUT2D eigenvalue weighted by atomic mass is 10.3. The average Bonchev–Trinajstić information content (AvgIpc) is 1.77. The first-order chi connectivity index (χ1) is 3.80. The van der Waals surface area contributed by atoms with Crippen LogP contribution in [0.5, 0.6) is 0 Å². The Balaban J connectivity index is 2.71. The third-order valence-corrected chi connectivity index (χ3v) is 0.963. The van der Waals surface area contributed by atoms with E-state index in [2.05, 4.69) is 23.8 Å². The number of hydrogen-bond acceptors (Lipinski definition) is 2. The van der Waals surface area contributed by atoms with Gasteiger partial charge in [-0.2, -0.15) is 0 Å². The second-order valence-corrected chi connectivity index (χ2v) is 1.58. The first-order valence-electron chi connectivity index (χ1n) is 2.37. The monoisotopic (exact) mass is 108 g/mol. The topological polar surface area (TPSA) is 24.1 Å². The van der Waals surface area contributed by atoms with Crippen molar-refractivity contribution < 1.29 is 0 Å². The van der Waals surface area contributed by atoms with Gasteiger partial charge in [-0.15, -0.1) is 0 Å². The van der Waals surface area contributed by atoms with Gasteiger partial charge in [0.25, 0.3) is 0 Å². The fourth-order valence-electron chi connectivity index (χ4n) is 0.459. The molecule has 0 aromatic carbocycles. The molecule has 0 unspecified atom stereocenters. The molecule has 1 aliphatic rings. The van der Waals surface area contributed by atoms with E-state index in [4.69, 9.17) is 0 Å². The minimum atomic E-state index is 0.826. The van der Waals surface area contributed by atoms with Crippen molar-refractivity contribution in [3.05, 3.63) is 37.0 Å². The second kappa shape index (κ2) is 1.74. The highest BCUT2D eigenvalue weighted by Gasteiger charge is 1.97. The van der Waals surface area contributed by atoms with Crippen molar-refractivity contribution in [2.45, 2.75) is 0 Å². The highest BCUT2D eigenvalue weighted by Crippen LogP contribution is 1.99. The molecule has 1 aliphatic heterocycles. The van der Waals surface area contributed by atoms with Gasteiger partial charge in [-0.25, -0.2) is 0 Å². The largest absolute Gasteiger partial charge is 0.359 e. The third kappa shape index (κ3) is 0.729. The van der Waals surface area contributed by atoms with Crippen LogP contribution in [0.4, 0.5) is 0 Å². The van der Waals surface area contributed by atoms with Gasteiger partial charge in [-0.1, -0.05) is 13.2 Å². The number of rotatable bonds is 0. The van der Waals surface area contributed by atoms with Crippen LogP contribution >= 0.6 is 0 Å². The van der Waals surface area contributed by atoms with E-state index in [1.807, 2.05) is 0 Å². The summed E-state index contributed by atoms with van der Waals surface area (Å²) in [6, 6.07) is 0. The summed E-state index contributed by atoms with van der Waals surface area (Å²) in [5.41, 5.74) is 1.65. The van der Waals surface area contributed by atoms with E-state index in [0.29, 0.717) is 0 Å². The maximum atomic E-state index is 3.67. The van der Waals surface area contributed by atoms with Crippen molar-refractivity contribution >= 4 is 0 Å². The number of hydrogen-bond donors (Lipinski definition) is 2. The van der Waals surface area contributed by atoms with E-state index in [1.165, 1.54) is 0 Å². The molecule has 0 bridgehead atoms. The number of nitrogens with one attached hydrogen (secondary N) is 2. The Morgan fingerprint density at radius 3 is 1.62 bits per heavy atom. The molecule has 8 heavy (non-hydrogen) atoms. The highest BCUT2D eigenvalue weighted by atomic mass is 15.0. The normalized spacial score (nSPS) is 17.5. The van der Waals surface area contributed by atoms with E-state index in [0.717, 1.165) is 11.4 Å². The van der Waals surface area contributed by atoms with E-state index in [-0.39, 0.29) is 0 Å². The van der Waals surface area contributed by atoms with Crippen LogP contribution in [0.2, 0.25) is 0 Å². The van der Waals surface area contributed by atoms with Gasteiger partial charge in [0, 0.05) is 12.4 Å². The van der Waals surface area contributed by atoms with Crippen LogP contribution in [-0.4, -0.2) is 0 Å². The average molecular weight is 108 g/mol. The van der Waals surface area contributed by atoms with Gasteiger partial charge < -0.3 is 10.6 Å². The molecule has 2 nitrogen and oxygen atoms in total. The molecule has 2 heteroatoms. The summed E-state index contributed by atoms with van der Waals surface area (Å²) in [4.78, 5) is 0. The van der Waals surface area contributed by atoms with Crippen LogP contribution in [0.15, 0.2) is 37.0 Å². The fourth-order valence-corrected chi connectivity index (χ4v) is 0.459. The molecule has 0 spiro atoms. The zero-order chi connectivity index (χ0) is 5.98. The Labute approximate surface area is 48.6 Å². The smallest absolute Gasteiger partial charge is 0.0540 e. The molecule has 0 aromatic heterocycles. The minimum absolute atomic E-state index is 0.826. The molecule has 0 aliphatic carbocycles. The molecule has 0 fully saturated rings. The molecule has 0 saturated carbocycles. The van der Waals surface area contributed by atoms with Gasteiger partial charge >= 0.3 is 0 Å². The molecular weight excluding hydrogens is 100 g/mol. The van der Waals surface area contributed by atoms with Crippen molar-refractivity contribution in [3.63, 3.8) is 0 Å². The van der Waals surface area contributed by atoms with Gasteiger partial charge in [0.1, 0.15) is 0 Å². The van der Waals surface area contributed by atoms with E-state index >= 15 is 0 Å². The summed E-state index contributed by atoms with van der Waals surface area (Å²) in [7, 11) is 0. The first kappa shape index (κ1) is 4.97. The summed E-state index contributed by atoms with van der Waals surface area (Å²) in [5, 5.41) is 5.79. The van der Waals surface area contributed by atoms with Gasteiger partial charge in [-0.3, -0.25) is 0 Å². The van der Waals surface area contributed by atoms with Gasteiger partial charge in [-0.05, 0) is 0 Å². The van der Waals surface area contributed by atoms with Gasteiger partial charge in [0.2, 0.25) is 0 Å². The van der Waals surface area contributed by atoms with Crippen LogP contribution in [0.25, 0.3) is 0 Å². The molecule has 0 radical (unpaired) electrons. The Bertz CT molecular complexity index is 138. The molecule has 1 heterocycles. The standard InChI is InChI=1S/C6H8N2/c1-5-6(2)8-4-3-7-5/h3-4,7-8H,1-2H2. The molecular formula is C6H8N2. The van der Waals surface area contributed by atoms with Crippen LogP contribution < -0.4 is 10.6 Å². The molecule has 0 amide bonds. The maximum Gasteiger partial charge on any atom is 0.0540 e. The lowest BCUT2D eigenvalue weighted by molar-refractivity contribution is 0.926. The van der Waals surface area contributed by atoms with Crippen molar-refractivity contribution in [1.29, 1.82) is 0 Å². The van der Waals surface area contributed by atoms with Crippen LogP contribution in [0.3, 0.4) is 0 Å².